The van der Waals surface area contributed by atoms with Crippen LogP contribution in [0.15, 0.2) is 215 Å². The Morgan fingerprint density at radius 3 is 1.46 bits per heavy atom. The summed E-state index contributed by atoms with van der Waals surface area (Å²) in [6, 6.07) is 75.5. The van der Waals surface area contributed by atoms with Crippen molar-refractivity contribution in [3.8, 4) is 44.8 Å². The van der Waals surface area contributed by atoms with Gasteiger partial charge in [0.1, 0.15) is 22.3 Å². The Kier molecular flexibility index (Phi) is 7.26. The van der Waals surface area contributed by atoms with Crippen LogP contribution in [-0.4, -0.2) is 9.13 Å². The van der Waals surface area contributed by atoms with Crippen molar-refractivity contribution in [2.45, 2.75) is 19.3 Å². The van der Waals surface area contributed by atoms with Gasteiger partial charge in [-0.2, -0.15) is 0 Å². The van der Waals surface area contributed by atoms with E-state index in [1.54, 1.807) is 0 Å². The molecule has 4 aromatic heterocycles. The van der Waals surface area contributed by atoms with E-state index < -0.39 is 0 Å². The molecule has 14 aromatic rings. The summed E-state index contributed by atoms with van der Waals surface area (Å²) in [5.41, 5.74) is 20.6. The van der Waals surface area contributed by atoms with Gasteiger partial charge in [-0.15, -0.1) is 0 Å². The Hall–Kier alpha value is -8.60. The second-order valence-electron chi connectivity index (χ2n) is 18.9. The van der Waals surface area contributed by atoms with Gasteiger partial charge in [0.15, 0.2) is 0 Å². The van der Waals surface area contributed by atoms with Gasteiger partial charge < -0.3 is 18.0 Å². The van der Waals surface area contributed by atoms with Crippen LogP contribution in [0.5, 0.6) is 0 Å². The summed E-state index contributed by atoms with van der Waals surface area (Å²) in [5, 5.41) is 9.36. The average molecular weight is 857 g/mol. The topological polar surface area (TPSA) is 36.1 Å². The Balaban J connectivity index is 0.917. The summed E-state index contributed by atoms with van der Waals surface area (Å²) in [6.45, 7) is 4.71. The number of benzene rings is 10. The van der Waals surface area contributed by atoms with E-state index in [1.165, 1.54) is 77.1 Å². The van der Waals surface area contributed by atoms with Crippen molar-refractivity contribution < 1.29 is 8.83 Å². The van der Waals surface area contributed by atoms with Crippen molar-refractivity contribution in [2.75, 3.05) is 0 Å². The summed E-state index contributed by atoms with van der Waals surface area (Å²) >= 11 is 0. The predicted molar refractivity (Wildman–Crippen MR) is 278 cm³/mol. The molecule has 1 aliphatic carbocycles. The lowest BCUT2D eigenvalue weighted by molar-refractivity contribution is 0.660. The molecular formula is C63H40N2O2. The minimum atomic E-state index is -0.0814. The lowest BCUT2D eigenvalue weighted by Gasteiger charge is -2.22. The van der Waals surface area contributed by atoms with Crippen LogP contribution < -0.4 is 0 Å². The Labute approximate surface area is 385 Å². The van der Waals surface area contributed by atoms with Gasteiger partial charge in [-0.25, -0.2) is 0 Å². The molecular weight excluding hydrogens is 817 g/mol. The number of hydrogen-bond acceptors (Lipinski definition) is 2. The molecule has 314 valence electrons. The van der Waals surface area contributed by atoms with Crippen molar-refractivity contribution in [1.29, 1.82) is 0 Å². The normalized spacial score (nSPS) is 13.3. The third-order valence-corrected chi connectivity index (χ3v) is 14.9. The third kappa shape index (κ3) is 5.13. The molecule has 0 unspecified atom stereocenters. The van der Waals surface area contributed by atoms with E-state index in [1.807, 2.05) is 24.3 Å². The fourth-order valence-corrected chi connectivity index (χ4v) is 11.7. The molecule has 67 heavy (non-hydrogen) atoms. The lowest BCUT2D eigenvalue weighted by atomic mass is 9.81. The van der Waals surface area contributed by atoms with Crippen LogP contribution in [0.25, 0.3) is 132 Å². The highest BCUT2D eigenvalue weighted by atomic mass is 16.3. The number of fused-ring (bicyclic) bond motifs is 15. The zero-order chi connectivity index (χ0) is 44.1. The van der Waals surface area contributed by atoms with Crippen LogP contribution in [0.3, 0.4) is 0 Å². The Morgan fingerprint density at radius 1 is 0.299 bits per heavy atom. The van der Waals surface area contributed by atoms with Crippen molar-refractivity contribution in [3.63, 3.8) is 0 Å². The molecule has 4 heteroatoms. The number of rotatable bonds is 4. The number of para-hydroxylation sites is 3. The quantitative estimate of drug-likeness (QED) is 0.177. The van der Waals surface area contributed by atoms with Gasteiger partial charge in [-0.3, -0.25) is 0 Å². The second-order valence-corrected chi connectivity index (χ2v) is 18.9. The summed E-state index contributed by atoms with van der Waals surface area (Å²) in [7, 11) is 0. The fourth-order valence-electron chi connectivity index (χ4n) is 11.7. The standard InChI is InChI=1S/C63H40N2O2/c1-63(2)53-15-7-3-11-43(53)44-25-19-40(34-54(44)63)39-22-29-58-51(33-39)50-32-38(21-28-57(50)65(58)42-23-26-48-46-13-5-9-17-59(46)67-62(48)36-42)37-20-27-56-49(31-37)45-12-4-8-16-55(45)64(56)41-24-30-61-52(35-41)47-14-6-10-18-60(47)66-61/h3-36H,1-2H3. The molecule has 0 spiro atoms. The van der Waals surface area contributed by atoms with Crippen molar-refractivity contribution >= 4 is 87.5 Å². The van der Waals surface area contributed by atoms with Crippen LogP contribution in [0.1, 0.15) is 25.0 Å². The van der Waals surface area contributed by atoms with E-state index in [2.05, 4.69) is 205 Å². The maximum Gasteiger partial charge on any atom is 0.137 e. The first-order valence-corrected chi connectivity index (χ1v) is 23.1. The first kappa shape index (κ1) is 36.7. The van der Waals surface area contributed by atoms with Crippen LogP contribution in [-0.2, 0) is 5.41 Å². The Bertz CT molecular complexity index is 4430. The van der Waals surface area contributed by atoms with Gasteiger partial charge in [-0.1, -0.05) is 123 Å². The van der Waals surface area contributed by atoms with E-state index in [-0.39, 0.29) is 5.41 Å². The molecule has 4 nitrogen and oxygen atoms in total. The molecule has 0 fully saturated rings. The second kappa shape index (κ2) is 13.2. The predicted octanol–water partition coefficient (Wildman–Crippen LogP) is 17.3. The highest BCUT2D eigenvalue weighted by molar-refractivity contribution is 6.14. The summed E-state index contributed by atoms with van der Waals surface area (Å²) in [5.74, 6) is 0. The smallest absolute Gasteiger partial charge is 0.137 e. The first-order valence-electron chi connectivity index (χ1n) is 23.1. The SMILES string of the molecule is CC1(C)c2ccccc2-c2ccc(-c3ccc4c(c3)c3cc(-c5ccc6c(c5)c5ccccc5n6-c5ccc6oc7ccccc7c6c5)ccc3n4-c3ccc4c(c3)oc3ccccc34)cc21. The van der Waals surface area contributed by atoms with E-state index >= 15 is 0 Å². The monoisotopic (exact) mass is 856 g/mol. The molecule has 0 saturated heterocycles. The maximum atomic E-state index is 6.45. The van der Waals surface area contributed by atoms with Crippen LogP contribution in [0.2, 0.25) is 0 Å². The molecule has 0 atom stereocenters. The van der Waals surface area contributed by atoms with Crippen LogP contribution in [0.4, 0.5) is 0 Å². The first-order chi connectivity index (χ1) is 32.9. The Morgan fingerprint density at radius 2 is 0.761 bits per heavy atom. The van der Waals surface area contributed by atoms with Gasteiger partial charge in [0.25, 0.3) is 0 Å². The van der Waals surface area contributed by atoms with Crippen molar-refractivity contribution in [2.24, 2.45) is 0 Å². The molecule has 10 aromatic carbocycles. The van der Waals surface area contributed by atoms with Crippen LogP contribution >= 0.6 is 0 Å². The average Bonchev–Trinajstić information content (AvgIpc) is 4.16. The molecule has 1 aliphatic rings. The minimum Gasteiger partial charge on any atom is -0.456 e. The van der Waals surface area contributed by atoms with E-state index in [0.717, 1.165) is 66.3 Å². The highest BCUT2D eigenvalue weighted by Gasteiger charge is 2.35. The molecule has 0 amide bonds. The van der Waals surface area contributed by atoms with Gasteiger partial charge >= 0.3 is 0 Å². The van der Waals surface area contributed by atoms with Gasteiger partial charge in [0, 0.05) is 65.9 Å². The molecule has 0 N–H and O–H groups in total. The van der Waals surface area contributed by atoms with Gasteiger partial charge in [0.2, 0.25) is 0 Å². The fraction of sp³-hybridized carbons (Fsp3) is 0.0476. The largest absolute Gasteiger partial charge is 0.456 e. The zero-order valence-corrected chi connectivity index (χ0v) is 36.8. The number of hydrogen-bond donors (Lipinski definition) is 0. The number of aromatic nitrogens is 2. The molecule has 4 heterocycles. The van der Waals surface area contributed by atoms with E-state index in [9.17, 15) is 0 Å². The molecule has 0 radical (unpaired) electrons. The molecule has 0 bridgehead atoms. The van der Waals surface area contributed by atoms with Gasteiger partial charge in [0.05, 0.1) is 22.1 Å². The minimum absolute atomic E-state index is 0.0814. The summed E-state index contributed by atoms with van der Waals surface area (Å²) < 4.78 is 17.5. The number of furan rings is 2. The number of nitrogens with zero attached hydrogens (tertiary/aromatic N) is 2. The molecule has 0 aliphatic heterocycles. The maximum absolute atomic E-state index is 6.45. The van der Waals surface area contributed by atoms with Gasteiger partial charge in [-0.05, 0) is 136 Å². The summed E-state index contributed by atoms with van der Waals surface area (Å²) in [6.07, 6.45) is 0. The van der Waals surface area contributed by atoms with E-state index in [4.69, 9.17) is 8.83 Å². The third-order valence-electron chi connectivity index (χ3n) is 14.9. The van der Waals surface area contributed by atoms with E-state index in [0.29, 0.717) is 0 Å². The molecule has 15 rings (SSSR count). The zero-order valence-electron chi connectivity index (χ0n) is 36.8. The van der Waals surface area contributed by atoms with Crippen molar-refractivity contribution in [1.82, 2.24) is 9.13 Å². The molecule has 0 saturated carbocycles. The van der Waals surface area contributed by atoms with Crippen molar-refractivity contribution in [3.05, 3.63) is 217 Å². The lowest BCUT2D eigenvalue weighted by Crippen LogP contribution is -2.14. The van der Waals surface area contributed by atoms with Crippen LogP contribution in [0, 0.1) is 0 Å². The summed E-state index contributed by atoms with van der Waals surface area (Å²) in [4.78, 5) is 0. The highest BCUT2D eigenvalue weighted by Crippen LogP contribution is 2.50.